The van der Waals surface area contributed by atoms with E-state index in [1.807, 2.05) is 12.1 Å². The highest BCUT2D eigenvalue weighted by Gasteiger charge is 2.21. The molecule has 0 fully saturated rings. The molecule has 0 aromatic heterocycles. The minimum absolute atomic E-state index is 0.140. The van der Waals surface area contributed by atoms with Crippen LogP contribution in [0.3, 0.4) is 0 Å². The van der Waals surface area contributed by atoms with E-state index in [1.54, 1.807) is 13.3 Å². The molecule has 19 heavy (non-hydrogen) atoms. The Hall–Kier alpha value is -1.51. The third kappa shape index (κ3) is 4.27. The Morgan fingerprint density at radius 1 is 1.32 bits per heavy atom. The Labute approximate surface area is 116 Å². The van der Waals surface area contributed by atoms with Crippen LogP contribution in [-0.2, 0) is 5.41 Å². The maximum atomic E-state index is 10.4. The van der Waals surface area contributed by atoms with Gasteiger partial charge in [-0.1, -0.05) is 34.6 Å². The van der Waals surface area contributed by atoms with Gasteiger partial charge >= 0.3 is 0 Å². The first-order chi connectivity index (χ1) is 8.75. The van der Waals surface area contributed by atoms with E-state index in [9.17, 15) is 5.11 Å². The predicted octanol–water partition coefficient (Wildman–Crippen LogP) is 3.77. The molecule has 1 aromatic rings. The molecule has 0 saturated carbocycles. The van der Waals surface area contributed by atoms with Gasteiger partial charge in [0, 0.05) is 23.9 Å². The number of methoxy groups -OCH3 is 1. The monoisotopic (exact) mass is 263 g/mol. The van der Waals surface area contributed by atoms with Gasteiger partial charge in [0.25, 0.3) is 0 Å². The van der Waals surface area contributed by atoms with Crippen LogP contribution in [0.2, 0.25) is 0 Å². The quantitative estimate of drug-likeness (QED) is 0.840. The number of hydrogen-bond acceptors (Lipinski definition) is 3. The molecule has 1 aromatic carbocycles. The molecule has 0 radical (unpaired) electrons. The topological polar surface area (TPSA) is 41.8 Å². The van der Waals surface area contributed by atoms with Gasteiger partial charge in [-0.2, -0.15) is 0 Å². The van der Waals surface area contributed by atoms with E-state index in [1.165, 1.54) is 0 Å². The molecular weight excluding hydrogens is 238 g/mol. The summed E-state index contributed by atoms with van der Waals surface area (Å²) in [7, 11) is 1.63. The van der Waals surface area contributed by atoms with Gasteiger partial charge in [-0.05, 0) is 23.5 Å². The lowest BCUT2D eigenvalue weighted by Crippen LogP contribution is -2.12. The minimum atomic E-state index is -0.140. The van der Waals surface area contributed by atoms with E-state index >= 15 is 0 Å². The maximum absolute atomic E-state index is 10.4. The molecule has 3 nitrogen and oxygen atoms in total. The van der Waals surface area contributed by atoms with Crippen molar-refractivity contribution in [2.45, 2.75) is 40.0 Å². The van der Waals surface area contributed by atoms with E-state index < -0.39 is 0 Å². The molecule has 0 aliphatic rings. The van der Waals surface area contributed by atoms with Gasteiger partial charge in [-0.25, -0.2) is 0 Å². The summed E-state index contributed by atoms with van der Waals surface area (Å²) in [6.07, 6.45) is 1.73. The summed E-state index contributed by atoms with van der Waals surface area (Å²) in [6.45, 7) is 11.2. The fourth-order valence-corrected chi connectivity index (χ4v) is 1.78. The molecule has 0 saturated heterocycles. The molecule has 106 valence electrons. The fourth-order valence-electron chi connectivity index (χ4n) is 1.78. The van der Waals surface area contributed by atoms with Gasteiger partial charge in [0.1, 0.15) is 11.5 Å². The van der Waals surface area contributed by atoms with E-state index in [0.717, 1.165) is 17.9 Å². The van der Waals surface area contributed by atoms with Crippen molar-refractivity contribution >= 4 is 6.21 Å². The number of phenols is 1. The molecule has 0 spiro atoms. The smallest absolute Gasteiger partial charge is 0.128 e. The Balaban J connectivity index is 3.20. The van der Waals surface area contributed by atoms with Gasteiger partial charge in [0.2, 0.25) is 0 Å². The molecule has 0 unspecified atom stereocenters. The second kappa shape index (κ2) is 6.09. The number of aliphatic imine (C=N–C) groups is 1. The second-order valence-electron chi connectivity index (χ2n) is 6.25. The van der Waals surface area contributed by atoms with Crippen LogP contribution in [0.4, 0.5) is 0 Å². The van der Waals surface area contributed by atoms with Crippen LogP contribution in [0.15, 0.2) is 17.1 Å². The zero-order chi connectivity index (χ0) is 14.6. The normalized spacial score (nSPS) is 12.4. The van der Waals surface area contributed by atoms with Crippen LogP contribution in [0.25, 0.3) is 0 Å². The number of benzene rings is 1. The predicted molar refractivity (Wildman–Crippen MR) is 80.7 cm³/mol. The summed E-state index contributed by atoms with van der Waals surface area (Å²) in [4.78, 5) is 4.36. The van der Waals surface area contributed by atoms with Crippen molar-refractivity contribution in [3.8, 4) is 11.5 Å². The van der Waals surface area contributed by atoms with Crippen LogP contribution in [0.5, 0.6) is 11.5 Å². The number of hydrogen-bond donors (Lipinski definition) is 1. The van der Waals surface area contributed by atoms with Crippen LogP contribution in [0.1, 0.15) is 45.7 Å². The number of nitrogens with zero attached hydrogens (tertiary/aromatic N) is 1. The van der Waals surface area contributed by atoms with E-state index in [4.69, 9.17) is 4.74 Å². The highest BCUT2D eigenvalue weighted by atomic mass is 16.5. The number of ether oxygens (including phenoxy) is 1. The summed E-state index contributed by atoms with van der Waals surface area (Å²) in [6, 6.07) is 3.70. The third-order valence-corrected chi connectivity index (χ3v) is 2.86. The first kappa shape index (κ1) is 15.5. The Morgan fingerprint density at radius 3 is 2.42 bits per heavy atom. The SMILES string of the molecule is COc1cc(C=NCC(C)C)c(O)c(C(C)(C)C)c1. The molecule has 0 atom stereocenters. The van der Waals surface area contributed by atoms with E-state index in [2.05, 4.69) is 39.6 Å². The molecule has 0 bridgehead atoms. The largest absolute Gasteiger partial charge is 0.507 e. The molecule has 0 aliphatic carbocycles. The molecule has 1 N–H and O–H groups in total. The average Bonchev–Trinajstić information content (AvgIpc) is 2.29. The molecule has 1 rings (SSSR count). The van der Waals surface area contributed by atoms with Crippen LogP contribution >= 0.6 is 0 Å². The second-order valence-corrected chi connectivity index (χ2v) is 6.25. The van der Waals surface area contributed by atoms with Crippen LogP contribution < -0.4 is 4.74 Å². The molecule has 0 aliphatic heterocycles. The van der Waals surface area contributed by atoms with Crippen molar-refractivity contribution in [1.29, 1.82) is 0 Å². The summed E-state index contributed by atoms with van der Waals surface area (Å²) in [5, 5.41) is 10.4. The van der Waals surface area contributed by atoms with Gasteiger partial charge in [-0.15, -0.1) is 0 Å². The fraction of sp³-hybridized carbons (Fsp3) is 0.562. The van der Waals surface area contributed by atoms with Crippen LogP contribution in [0, 0.1) is 5.92 Å². The standard InChI is InChI=1S/C16H25NO2/c1-11(2)9-17-10-12-7-13(19-6)8-14(15(12)18)16(3,4)5/h7-8,10-11,18H,9H2,1-6H3. The third-order valence-electron chi connectivity index (χ3n) is 2.86. The number of aromatic hydroxyl groups is 1. The number of phenolic OH excluding ortho intramolecular Hbond substituents is 1. The minimum Gasteiger partial charge on any atom is -0.507 e. The maximum Gasteiger partial charge on any atom is 0.128 e. The van der Waals surface area contributed by atoms with Crippen molar-refractivity contribution < 1.29 is 9.84 Å². The summed E-state index contributed by atoms with van der Waals surface area (Å²) in [5.74, 6) is 1.54. The highest BCUT2D eigenvalue weighted by molar-refractivity contribution is 5.85. The lowest BCUT2D eigenvalue weighted by molar-refractivity contribution is 0.405. The van der Waals surface area contributed by atoms with Crippen molar-refractivity contribution in [3.63, 3.8) is 0 Å². The molecule has 0 heterocycles. The van der Waals surface area contributed by atoms with Crippen molar-refractivity contribution in [1.82, 2.24) is 0 Å². The zero-order valence-corrected chi connectivity index (χ0v) is 12.8. The lowest BCUT2D eigenvalue weighted by atomic mass is 9.85. The Kier molecular flexibility index (Phi) is 4.98. The van der Waals surface area contributed by atoms with Gasteiger partial charge in [-0.3, -0.25) is 4.99 Å². The lowest BCUT2D eigenvalue weighted by Gasteiger charge is -2.22. The zero-order valence-electron chi connectivity index (χ0n) is 12.8. The average molecular weight is 263 g/mol. The summed E-state index contributed by atoms with van der Waals surface area (Å²) < 4.78 is 5.30. The van der Waals surface area contributed by atoms with Gasteiger partial charge in [0.15, 0.2) is 0 Å². The Bertz CT molecular complexity index is 457. The van der Waals surface area contributed by atoms with Gasteiger partial charge in [0.05, 0.1) is 7.11 Å². The van der Waals surface area contributed by atoms with E-state index in [-0.39, 0.29) is 5.41 Å². The van der Waals surface area contributed by atoms with Crippen LogP contribution in [-0.4, -0.2) is 25.0 Å². The Morgan fingerprint density at radius 2 is 1.95 bits per heavy atom. The first-order valence-corrected chi connectivity index (χ1v) is 6.67. The van der Waals surface area contributed by atoms with Crippen molar-refractivity contribution in [3.05, 3.63) is 23.3 Å². The highest BCUT2D eigenvalue weighted by Crippen LogP contribution is 2.36. The van der Waals surface area contributed by atoms with Crippen molar-refractivity contribution in [2.75, 3.05) is 13.7 Å². The summed E-state index contributed by atoms with van der Waals surface area (Å²) in [5.41, 5.74) is 1.45. The summed E-state index contributed by atoms with van der Waals surface area (Å²) >= 11 is 0. The first-order valence-electron chi connectivity index (χ1n) is 6.67. The molecular formula is C16H25NO2. The van der Waals surface area contributed by atoms with Crippen molar-refractivity contribution in [2.24, 2.45) is 10.9 Å². The number of rotatable bonds is 4. The molecule has 0 amide bonds. The molecule has 3 heteroatoms. The van der Waals surface area contributed by atoms with E-state index in [0.29, 0.717) is 17.2 Å². The van der Waals surface area contributed by atoms with Gasteiger partial charge < -0.3 is 9.84 Å².